The standard InChI is InChI=1S/C12H16O3/c1-12(8-15-12)7-9-4-5-10(13-2)11(6-9)14-3/h4-6H,7-8H2,1-3H3. The summed E-state index contributed by atoms with van der Waals surface area (Å²) in [6.45, 7) is 2.96. The number of rotatable bonds is 4. The van der Waals surface area contributed by atoms with Crippen molar-refractivity contribution in [3.8, 4) is 11.5 Å². The van der Waals surface area contributed by atoms with Crippen LogP contribution in [-0.4, -0.2) is 26.4 Å². The molecule has 1 unspecified atom stereocenters. The maximum absolute atomic E-state index is 5.36. The van der Waals surface area contributed by atoms with E-state index in [0.29, 0.717) is 0 Å². The first kappa shape index (κ1) is 10.3. The molecule has 1 saturated heterocycles. The molecule has 0 N–H and O–H groups in total. The van der Waals surface area contributed by atoms with Gasteiger partial charge in [-0.3, -0.25) is 0 Å². The van der Waals surface area contributed by atoms with E-state index in [0.717, 1.165) is 24.5 Å². The number of methoxy groups -OCH3 is 2. The van der Waals surface area contributed by atoms with Gasteiger partial charge in [-0.2, -0.15) is 0 Å². The van der Waals surface area contributed by atoms with E-state index >= 15 is 0 Å². The highest BCUT2D eigenvalue weighted by atomic mass is 16.6. The second-order valence-electron chi connectivity index (χ2n) is 4.10. The zero-order chi connectivity index (χ0) is 10.9. The van der Waals surface area contributed by atoms with Crippen LogP contribution in [0.2, 0.25) is 0 Å². The van der Waals surface area contributed by atoms with Gasteiger partial charge < -0.3 is 14.2 Å². The van der Waals surface area contributed by atoms with Crippen LogP contribution in [0.25, 0.3) is 0 Å². The normalized spacial score (nSPS) is 23.7. The summed E-state index contributed by atoms with van der Waals surface area (Å²) in [5.74, 6) is 1.54. The van der Waals surface area contributed by atoms with Gasteiger partial charge in [-0.05, 0) is 24.6 Å². The Morgan fingerprint density at radius 2 is 1.93 bits per heavy atom. The highest BCUT2D eigenvalue weighted by Gasteiger charge is 2.39. The summed E-state index contributed by atoms with van der Waals surface area (Å²) in [6.07, 6.45) is 0.924. The maximum atomic E-state index is 5.36. The minimum absolute atomic E-state index is 0.0413. The Kier molecular flexibility index (Phi) is 2.57. The summed E-state index contributed by atoms with van der Waals surface area (Å²) < 4.78 is 15.8. The van der Waals surface area contributed by atoms with Crippen molar-refractivity contribution < 1.29 is 14.2 Å². The molecule has 3 nitrogen and oxygen atoms in total. The van der Waals surface area contributed by atoms with E-state index in [2.05, 4.69) is 6.92 Å². The fraction of sp³-hybridized carbons (Fsp3) is 0.500. The summed E-state index contributed by atoms with van der Waals surface area (Å²) in [7, 11) is 3.29. The van der Waals surface area contributed by atoms with E-state index in [1.165, 1.54) is 5.56 Å². The monoisotopic (exact) mass is 208 g/mol. The van der Waals surface area contributed by atoms with Crippen LogP contribution in [0.3, 0.4) is 0 Å². The van der Waals surface area contributed by atoms with Crippen molar-refractivity contribution in [1.29, 1.82) is 0 Å². The van der Waals surface area contributed by atoms with Gasteiger partial charge in [0.2, 0.25) is 0 Å². The third-order valence-electron chi connectivity index (χ3n) is 2.66. The van der Waals surface area contributed by atoms with Crippen LogP contribution < -0.4 is 9.47 Å². The lowest BCUT2D eigenvalue weighted by molar-refractivity contribution is 0.321. The van der Waals surface area contributed by atoms with E-state index in [4.69, 9.17) is 14.2 Å². The van der Waals surface area contributed by atoms with Crippen LogP contribution in [0.15, 0.2) is 18.2 Å². The van der Waals surface area contributed by atoms with Crippen LogP contribution in [0.1, 0.15) is 12.5 Å². The number of ether oxygens (including phenoxy) is 3. The molecule has 3 heteroatoms. The van der Waals surface area contributed by atoms with Crippen LogP contribution >= 0.6 is 0 Å². The van der Waals surface area contributed by atoms with Crippen LogP contribution in [0.5, 0.6) is 11.5 Å². The molecule has 0 amide bonds. The number of benzene rings is 1. The molecule has 1 atom stereocenters. The lowest BCUT2D eigenvalue weighted by Gasteiger charge is -2.10. The van der Waals surface area contributed by atoms with Crippen LogP contribution in [0.4, 0.5) is 0 Å². The largest absolute Gasteiger partial charge is 0.493 e. The third-order valence-corrected chi connectivity index (χ3v) is 2.66. The second-order valence-corrected chi connectivity index (χ2v) is 4.10. The summed E-state index contributed by atoms with van der Waals surface area (Å²) in [4.78, 5) is 0. The fourth-order valence-corrected chi connectivity index (χ4v) is 1.65. The molecule has 1 fully saturated rings. The van der Waals surface area contributed by atoms with Gasteiger partial charge in [0.1, 0.15) is 0 Å². The summed E-state index contributed by atoms with van der Waals surface area (Å²) in [5.41, 5.74) is 1.26. The van der Waals surface area contributed by atoms with E-state index in [9.17, 15) is 0 Å². The Morgan fingerprint density at radius 1 is 1.27 bits per heavy atom. The predicted molar refractivity (Wildman–Crippen MR) is 57.6 cm³/mol. The maximum Gasteiger partial charge on any atom is 0.160 e. The van der Waals surface area contributed by atoms with E-state index in [1.54, 1.807) is 14.2 Å². The van der Waals surface area contributed by atoms with Gasteiger partial charge in [0.05, 0.1) is 26.4 Å². The van der Waals surface area contributed by atoms with Gasteiger partial charge in [-0.1, -0.05) is 6.07 Å². The molecular formula is C12H16O3. The van der Waals surface area contributed by atoms with E-state index in [1.807, 2.05) is 18.2 Å². The average molecular weight is 208 g/mol. The topological polar surface area (TPSA) is 31.0 Å². The first-order valence-electron chi connectivity index (χ1n) is 5.02. The molecule has 82 valence electrons. The van der Waals surface area contributed by atoms with Gasteiger partial charge in [-0.15, -0.1) is 0 Å². The molecule has 2 rings (SSSR count). The Bertz CT molecular complexity index is 356. The highest BCUT2D eigenvalue weighted by Crippen LogP contribution is 2.33. The zero-order valence-corrected chi connectivity index (χ0v) is 9.37. The zero-order valence-electron chi connectivity index (χ0n) is 9.37. The van der Waals surface area contributed by atoms with Crippen molar-refractivity contribution in [2.75, 3.05) is 20.8 Å². The minimum Gasteiger partial charge on any atom is -0.493 e. The van der Waals surface area contributed by atoms with Crippen LogP contribution in [0, 0.1) is 0 Å². The molecule has 1 aliphatic heterocycles. The predicted octanol–water partition coefficient (Wildman–Crippen LogP) is 2.04. The molecule has 1 aromatic rings. The fourth-order valence-electron chi connectivity index (χ4n) is 1.65. The number of hydrogen-bond donors (Lipinski definition) is 0. The van der Waals surface area contributed by atoms with Gasteiger partial charge in [0, 0.05) is 6.42 Å². The van der Waals surface area contributed by atoms with Crippen molar-refractivity contribution in [3.63, 3.8) is 0 Å². The number of epoxide rings is 1. The third kappa shape index (κ3) is 2.23. The molecule has 0 bridgehead atoms. The van der Waals surface area contributed by atoms with Gasteiger partial charge in [0.15, 0.2) is 11.5 Å². The average Bonchev–Trinajstić information content (AvgIpc) is 2.96. The molecule has 0 aromatic heterocycles. The molecular weight excluding hydrogens is 192 g/mol. The highest BCUT2D eigenvalue weighted by molar-refractivity contribution is 5.43. The lowest BCUT2D eigenvalue weighted by atomic mass is 10.0. The second kappa shape index (κ2) is 3.74. The molecule has 0 saturated carbocycles. The minimum atomic E-state index is 0.0413. The molecule has 0 radical (unpaired) electrons. The first-order valence-corrected chi connectivity index (χ1v) is 5.02. The molecule has 1 aromatic carbocycles. The molecule has 1 heterocycles. The molecule has 1 aliphatic rings. The molecule has 0 spiro atoms. The van der Waals surface area contributed by atoms with E-state index in [-0.39, 0.29) is 5.60 Å². The Labute approximate surface area is 90.0 Å². The summed E-state index contributed by atoms with van der Waals surface area (Å²) in [5, 5.41) is 0. The Morgan fingerprint density at radius 3 is 2.47 bits per heavy atom. The first-order chi connectivity index (χ1) is 7.17. The van der Waals surface area contributed by atoms with Crippen molar-refractivity contribution in [3.05, 3.63) is 23.8 Å². The van der Waals surface area contributed by atoms with Crippen molar-refractivity contribution in [2.24, 2.45) is 0 Å². The number of hydrogen-bond acceptors (Lipinski definition) is 3. The quantitative estimate of drug-likeness (QED) is 0.709. The smallest absolute Gasteiger partial charge is 0.160 e. The Hall–Kier alpha value is -1.22. The van der Waals surface area contributed by atoms with Gasteiger partial charge >= 0.3 is 0 Å². The van der Waals surface area contributed by atoms with Gasteiger partial charge in [0.25, 0.3) is 0 Å². The SMILES string of the molecule is COc1ccc(CC2(C)CO2)cc1OC. The van der Waals surface area contributed by atoms with Crippen LogP contribution in [-0.2, 0) is 11.2 Å². The summed E-state index contributed by atoms with van der Waals surface area (Å²) >= 11 is 0. The molecule has 0 aliphatic carbocycles. The van der Waals surface area contributed by atoms with E-state index < -0.39 is 0 Å². The van der Waals surface area contributed by atoms with Crippen molar-refractivity contribution in [1.82, 2.24) is 0 Å². The molecule has 15 heavy (non-hydrogen) atoms. The van der Waals surface area contributed by atoms with Crippen molar-refractivity contribution in [2.45, 2.75) is 18.9 Å². The lowest BCUT2D eigenvalue weighted by Crippen LogP contribution is -2.08. The van der Waals surface area contributed by atoms with Gasteiger partial charge in [-0.25, -0.2) is 0 Å². The van der Waals surface area contributed by atoms with Crippen molar-refractivity contribution >= 4 is 0 Å². The summed E-state index contributed by atoms with van der Waals surface area (Å²) in [6, 6.07) is 5.99. The Balaban J connectivity index is 2.18.